The molecule has 2 saturated heterocycles. The van der Waals surface area contributed by atoms with Crippen molar-refractivity contribution < 1.29 is 62.5 Å². The van der Waals surface area contributed by atoms with Gasteiger partial charge in [-0.15, -0.1) is 0 Å². The number of aromatic nitrogens is 4. The molecule has 4 unspecified atom stereocenters. The summed E-state index contributed by atoms with van der Waals surface area (Å²) in [5.74, 6) is -4.07. The van der Waals surface area contributed by atoms with Gasteiger partial charge in [-0.25, -0.2) is 19.3 Å². The van der Waals surface area contributed by atoms with Crippen molar-refractivity contribution in [1.29, 1.82) is 0 Å². The Labute approximate surface area is 243 Å². The van der Waals surface area contributed by atoms with Gasteiger partial charge >= 0.3 is 17.2 Å². The summed E-state index contributed by atoms with van der Waals surface area (Å²) in [5.41, 5.74) is 1.20. The summed E-state index contributed by atoms with van der Waals surface area (Å²) in [6, 6.07) is 0. The van der Waals surface area contributed by atoms with Crippen LogP contribution in [0.1, 0.15) is 45.8 Å². The lowest BCUT2D eigenvalue weighted by molar-refractivity contribution is -0.333. The second-order valence-electron chi connectivity index (χ2n) is 9.51. The molecule has 238 valence electrons. The summed E-state index contributed by atoms with van der Waals surface area (Å²) in [5, 5.41) is 43.6. The minimum absolute atomic E-state index is 0.0923. The quantitative estimate of drug-likeness (QED) is 0.0963. The number of anilines is 1. The molecule has 7 N–H and O–H groups in total. The maximum absolute atomic E-state index is 10.7. The first kappa shape index (κ1) is 33.6. The first-order valence-corrected chi connectivity index (χ1v) is 15.5. The summed E-state index contributed by atoms with van der Waals surface area (Å²) < 4.78 is 38.8. The highest BCUT2D eigenvalue weighted by Crippen LogP contribution is 2.53. The zero-order valence-corrected chi connectivity index (χ0v) is 25.0. The molecule has 2 aromatic rings. The van der Waals surface area contributed by atoms with E-state index in [1.54, 1.807) is 17.9 Å². The fraction of sp³-hybridized carbons (Fsp3) is 0.773. The lowest BCUT2D eigenvalue weighted by Crippen LogP contribution is -2.40. The molecule has 4 heterocycles. The molecule has 0 saturated carbocycles. The van der Waals surface area contributed by atoms with Gasteiger partial charge in [0.25, 0.3) is 11.9 Å². The number of ether oxygens (including phenoxy) is 4. The van der Waals surface area contributed by atoms with Crippen LogP contribution in [0.15, 0.2) is 12.7 Å². The summed E-state index contributed by atoms with van der Waals surface area (Å²) in [4.78, 5) is 33.2. The van der Waals surface area contributed by atoms with Crippen molar-refractivity contribution in [1.82, 2.24) is 19.5 Å². The highest BCUT2D eigenvalue weighted by Gasteiger charge is 2.41. The Morgan fingerprint density at radius 1 is 1.02 bits per heavy atom. The van der Waals surface area contributed by atoms with E-state index in [1.165, 1.54) is 20.2 Å². The van der Waals surface area contributed by atoms with E-state index < -0.39 is 53.6 Å². The molecule has 9 atom stereocenters. The molecular formula is C22H37N5O13P2. The molecule has 20 heteroatoms. The van der Waals surface area contributed by atoms with E-state index in [0.717, 1.165) is 0 Å². The van der Waals surface area contributed by atoms with E-state index >= 15 is 0 Å². The minimum atomic E-state index is -2.97. The average Bonchev–Trinajstić information content (AvgIpc) is 3.69. The molecule has 0 spiro atoms. The summed E-state index contributed by atoms with van der Waals surface area (Å²) in [7, 11) is -4.18. The number of fused-ring (bicyclic) bond motifs is 1. The lowest BCUT2D eigenvalue weighted by Gasteiger charge is -2.31. The van der Waals surface area contributed by atoms with E-state index in [2.05, 4.69) is 20.3 Å². The van der Waals surface area contributed by atoms with Crippen LogP contribution in [0.3, 0.4) is 0 Å². The molecule has 18 nitrogen and oxygen atoms in total. The number of aliphatic hydroxyl groups excluding tert-OH is 2. The van der Waals surface area contributed by atoms with Gasteiger partial charge in [0, 0.05) is 19.9 Å². The first-order chi connectivity index (χ1) is 20.0. The van der Waals surface area contributed by atoms with Crippen LogP contribution in [0.25, 0.3) is 11.2 Å². The van der Waals surface area contributed by atoms with Gasteiger partial charge in [-0.3, -0.25) is 13.6 Å². The van der Waals surface area contributed by atoms with Crippen LogP contribution in [0, 0.1) is 0 Å². The molecule has 2 aromatic heterocycles. The largest absolute Gasteiger partial charge is 0.388 e. The molecule has 0 aliphatic carbocycles. The third-order valence-corrected chi connectivity index (χ3v) is 8.69. The van der Waals surface area contributed by atoms with Crippen LogP contribution >= 0.6 is 17.2 Å². The van der Waals surface area contributed by atoms with Gasteiger partial charge < -0.3 is 54.5 Å². The molecule has 4 rings (SSSR count). The second kappa shape index (κ2) is 14.6. The van der Waals surface area contributed by atoms with Crippen LogP contribution < -0.4 is 5.32 Å². The van der Waals surface area contributed by atoms with Gasteiger partial charge in [-0.2, -0.15) is 0 Å². The van der Waals surface area contributed by atoms with Crippen LogP contribution in [-0.2, 0) is 32.3 Å². The van der Waals surface area contributed by atoms with Gasteiger partial charge in [0.15, 0.2) is 11.5 Å². The predicted molar refractivity (Wildman–Crippen MR) is 144 cm³/mol. The number of nitrogens with zero attached hydrogens (tertiary/aromatic N) is 4. The van der Waals surface area contributed by atoms with Crippen LogP contribution in [0.5, 0.6) is 0 Å². The van der Waals surface area contributed by atoms with Crippen molar-refractivity contribution in [3.63, 3.8) is 0 Å². The monoisotopic (exact) mass is 641 g/mol. The van der Waals surface area contributed by atoms with Crippen molar-refractivity contribution >= 4 is 34.2 Å². The maximum Gasteiger partial charge on any atom is 0.341 e. The standard InChI is InChI=1S/C22H37N5O13P2/c1-4-21(30,35-8-13-6-7-16(37-13)27-12-26-17-19(23-3)24-11-25-20(17)27)38-41(32)40-42(33)39-22(31,5-2)36-10-15-18(29)14(28)9-34-15/h11-16,18,28-33H,4-10H2,1-3H3,(H,23,24,25)/t13-,14-,15+,16+,18-,21?,22?,41?,42?/m0/s1. The van der Waals surface area contributed by atoms with E-state index in [9.17, 15) is 30.2 Å². The number of rotatable bonds is 16. The summed E-state index contributed by atoms with van der Waals surface area (Å²) in [6.45, 7) is 2.45. The van der Waals surface area contributed by atoms with Crippen molar-refractivity contribution in [3.8, 4) is 0 Å². The van der Waals surface area contributed by atoms with E-state index in [1.807, 2.05) is 0 Å². The fourth-order valence-electron chi connectivity index (χ4n) is 4.23. The van der Waals surface area contributed by atoms with Crippen molar-refractivity contribution in [3.05, 3.63) is 12.7 Å². The topological polar surface area (TPSA) is 242 Å². The molecule has 2 aliphatic rings. The molecular weight excluding hydrogens is 604 g/mol. The predicted octanol–water partition coefficient (Wildman–Crippen LogP) is 0.300. The van der Waals surface area contributed by atoms with Crippen LogP contribution in [0.2, 0.25) is 0 Å². The molecule has 2 aliphatic heterocycles. The number of aliphatic hydroxyl groups is 4. The smallest absolute Gasteiger partial charge is 0.341 e. The van der Waals surface area contributed by atoms with Gasteiger partial charge in [-0.1, -0.05) is 13.8 Å². The average molecular weight is 642 g/mol. The van der Waals surface area contributed by atoms with Crippen molar-refractivity contribution in [2.75, 3.05) is 32.2 Å². The number of hydrogen-bond acceptors (Lipinski definition) is 17. The molecule has 0 aromatic carbocycles. The molecule has 2 fully saturated rings. The van der Waals surface area contributed by atoms with Crippen molar-refractivity contribution in [2.45, 2.75) is 82.1 Å². The Bertz CT molecular complexity index is 1160. The highest BCUT2D eigenvalue weighted by molar-refractivity contribution is 7.54. The number of imidazole rings is 1. The summed E-state index contributed by atoms with van der Waals surface area (Å²) >= 11 is 0. The fourth-order valence-corrected chi connectivity index (χ4v) is 5.83. The Balaban J connectivity index is 1.23. The Hall–Kier alpha value is -1.31. The van der Waals surface area contributed by atoms with E-state index in [0.29, 0.717) is 29.8 Å². The normalized spacial score (nSPS) is 28.9. The minimum Gasteiger partial charge on any atom is -0.388 e. The molecule has 42 heavy (non-hydrogen) atoms. The van der Waals surface area contributed by atoms with Gasteiger partial charge in [0.05, 0.1) is 32.3 Å². The SMILES string of the molecule is CCC(O)(OC[C@@H]1CC[C@H](n2cnc3c(NC)ncnc32)O1)OP(O)OP(O)OC(O)(CC)OC[C@H]1OC[C@H](O)[C@@H]1O. The summed E-state index contributed by atoms with van der Waals surface area (Å²) in [6.07, 6.45) is -0.0996. The second-order valence-corrected chi connectivity index (χ2v) is 11.5. The molecule has 0 bridgehead atoms. The van der Waals surface area contributed by atoms with E-state index in [-0.39, 0.29) is 38.9 Å². The number of nitrogens with one attached hydrogen (secondary N) is 1. The lowest BCUT2D eigenvalue weighted by atomic mass is 10.2. The number of hydrogen-bond donors (Lipinski definition) is 7. The van der Waals surface area contributed by atoms with Gasteiger partial charge in [0.1, 0.15) is 36.4 Å². The van der Waals surface area contributed by atoms with E-state index in [4.69, 9.17) is 32.3 Å². The van der Waals surface area contributed by atoms with Crippen LogP contribution in [0.4, 0.5) is 5.82 Å². The Morgan fingerprint density at radius 2 is 1.69 bits per heavy atom. The third kappa shape index (κ3) is 8.24. The highest BCUT2D eigenvalue weighted by atomic mass is 31.2. The first-order valence-electron chi connectivity index (χ1n) is 13.2. The molecule has 0 amide bonds. The van der Waals surface area contributed by atoms with Gasteiger partial charge in [0.2, 0.25) is 0 Å². The third-order valence-electron chi connectivity index (χ3n) is 6.69. The Kier molecular flexibility index (Phi) is 11.7. The zero-order chi connectivity index (χ0) is 30.5. The van der Waals surface area contributed by atoms with Crippen molar-refractivity contribution in [2.24, 2.45) is 0 Å². The van der Waals surface area contributed by atoms with Crippen LogP contribution in [-0.4, -0.2) is 113 Å². The maximum atomic E-state index is 10.7. The molecule has 0 radical (unpaired) electrons. The Morgan fingerprint density at radius 3 is 2.29 bits per heavy atom. The van der Waals surface area contributed by atoms with Gasteiger partial charge in [-0.05, 0) is 12.8 Å². The zero-order valence-electron chi connectivity index (χ0n) is 23.2.